The molecule has 2 aromatic rings. The summed E-state index contributed by atoms with van der Waals surface area (Å²) in [5, 5.41) is 21.5. The maximum atomic E-state index is 11.1. The quantitative estimate of drug-likeness (QED) is 0.657. The number of nitrogens with one attached hydrogen (secondary N) is 2. The first-order valence-corrected chi connectivity index (χ1v) is 6.86. The van der Waals surface area contributed by atoms with Crippen LogP contribution in [0.3, 0.4) is 0 Å². The van der Waals surface area contributed by atoms with Crippen LogP contribution in [0, 0.1) is 10.1 Å². The van der Waals surface area contributed by atoms with Crippen molar-refractivity contribution in [3.05, 3.63) is 33.3 Å². The third kappa shape index (κ3) is 2.67. The Bertz CT molecular complexity index is 668. The van der Waals surface area contributed by atoms with Crippen LogP contribution in [0.15, 0.2) is 18.2 Å². The molecule has 0 amide bonds. The number of aromatic nitrogens is 3. The fraction of sp³-hybridized carbons (Fsp3) is 0.333. The lowest BCUT2D eigenvalue weighted by Crippen LogP contribution is -2.44. The van der Waals surface area contributed by atoms with E-state index in [-0.39, 0.29) is 16.3 Å². The molecule has 1 aliphatic rings. The molecule has 21 heavy (non-hydrogen) atoms. The van der Waals surface area contributed by atoms with Crippen molar-refractivity contribution < 1.29 is 4.92 Å². The molecule has 0 unspecified atom stereocenters. The molecule has 2 N–H and O–H groups in total. The Kier molecular flexibility index (Phi) is 3.72. The van der Waals surface area contributed by atoms with E-state index in [1.807, 2.05) is 4.90 Å². The van der Waals surface area contributed by atoms with E-state index in [0.29, 0.717) is 11.8 Å². The molecular formula is C12H13ClN6O2. The number of halogens is 1. The van der Waals surface area contributed by atoms with Crippen molar-refractivity contribution >= 4 is 23.2 Å². The van der Waals surface area contributed by atoms with E-state index in [2.05, 4.69) is 20.5 Å². The molecule has 9 heteroatoms. The van der Waals surface area contributed by atoms with Crippen molar-refractivity contribution in [1.82, 2.24) is 20.5 Å². The minimum Gasteiger partial charge on any atom is -0.337 e. The zero-order chi connectivity index (χ0) is 14.8. The van der Waals surface area contributed by atoms with Gasteiger partial charge in [-0.05, 0) is 6.07 Å². The average molecular weight is 309 g/mol. The molecule has 2 heterocycles. The van der Waals surface area contributed by atoms with Gasteiger partial charge in [0, 0.05) is 32.2 Å². The largest absolute Gasteiger partial charge is 0.337 e. The van der Waals surface area contributed by atoms with Crippen molar-refractivity contribution in [3.8, 4) is 11.4 Å². The predicted molar refractivity (Wildman–Crippen MR) is 78.6 cm³/mol. The number of hydrogen-bond acceptors (Lipinski definition) is 6. The second-order valence-electron chi connectivity index (χ2n) is 4.61. The minimum absolute atomic E-state index is 0.0921. The zero-order valence-electron chi connectivity index (χ0n) is 11.0. The molecule has 1 aromatic heterocycles. The van der Waals surface area contributed by atoms with E-state index in [0.717, 1.165) is 26.2 Å². The summed E-state index contributed by atoms with van der Waals surface area (Å²) < 4.78 is 0. The zero-order valence-corrected chi connectivity index (χ0v) is 11.8. The molecular weight excluding hydrogens is 296 g/mol. The Balaban J connectivity index is 1.98. The first-order chi connectivity index (χ1) is 10.2. The number of hydrogen-bond donors (Lipinski definition) is 2. The van der Waals surface area contributed by atoms with Crippen LogP contribution < -0.4 is 10.2 Å². The van der Waals surface area contributed by atoms with Gasteiger partial charge in [-0.1, -0.05) is 17.7 Å². The van der Waals surface area contributed by atoms with Gasteiger partial charge < -0.3 is 10.2 Å². The van der Waals surface area contributed by atoms with Crippen molar-refractivity contribution in [2.24, 2.45) is 0 Å². The summed E-state index contributed by atoms with van der Waals surface area (Å²) in [6.45, 7) is 3.30. The smallest absolute Gasteiger partial charge is 0.281 e. The number of nitrogens with zero attached hydrogens (tertiary/aromatic N) is 4. The van der Waals surface area contributed by atoms with E-state index >= 15 is 0 Å². The van der Waals surface area contributed by atoms with Crippen LogP contribution in [0.25, 0.3) is 11.4 Å². The fourth-order valence-electron chi connectivity index (χ4n) is 2.27. The normalized spacial score (nSPS) is 15.2. The highest BCUT2D eigenvalue weighted by atomic mass is 35.5. The highest BCUT2D eigenvalue weighted by Gasteiger charge is 2.23. The Morgan fingerprint density at radius 3 is 2.81 bits per heavy atom. The second kappa shape index (κ2) is 5.66. The molecule has 0 bridgehead atoms. The average Bonchev–Trinajstić information content (AvgIpc) is 2.97. The van der Waals surface area contributed by atoms with E-state index in [1.54, 1.807) is 6.07 Å². The van der Waals surface area contributed by atoms with Gasteiger partial charge in [-0.15, -0.1) is 5.10 Å². The van der Waals surface area contributed by atoms with Crippen molar-refractivity contribution in [2.45, 2.75) is 0 Å². The van der Waals surface area contributed by atoms with Gasteiger partial charge in [0.1, 0.15) is 5.56 Å². The lowest BCUT2D eigenvalue weighted by Gasteiger charge is -2.25. The second-order valence-corrected chi connectivity index (χ2v) is 5.02. The van der Waals surface area contributed by atoms with E-state index in [9.17, 15) is 10.1 Å². The lowest BCUT2D eigenvalue weighted by atomic mass is 10.1. The molecule has 1 fully saturated rings. The summed E-state index contributed by atoms with van der Waals surface area (Å²) in [5.74, 6) is 0.835. The molecule has 8 nitrogen and oxygen atoms in total. The number of nitro benzene ring substituents is 1. The topological polar surface area (TPSA) is 100.0 Å². The monoisotopic (exact) mass is 308 g/mol. The van der Waals surface area contributed by atoms with Gasteiger partial charge in [-0.3, -0.25) is 15.2 Å². The Labute approximate surface area is 125 Å². The van der Waals surface area contributed by atoms with Crippen LogP contribution in [0.2, 0.25) is 5.02 Å². The summed E-state index contributed by atoms with van der Waals surface area (Å²) in [6, 6.07) is 4.53. The van der Waals surface area contributed by atoms with Crippen LogP contribution >= 0.6 is 11.6 Å². The summed E-state index contributed by atoms with van der Waals surface area (Å²) in [4.78, 5) is 17.0. The van der Waals surface area contributed by atoms with Crippen LogP contribution in [-0.4, -0.2) is 46.3 Å². The van der Waals surface area contributed by atoms with Crippen molar-refractivity contribution in [1.29, 1.82) is 0 Å². The standard InChI is InChI=1S/C12H13ClN6O2/c13-8-2-1-3-9(19(20)21)10(8)11-15-12(17-16-11)18-6-4-14-5-7-18/h1-3,14H,4-7H2,(H,15,16,17). The Morgan fingerprint density at radius 1 is 1.33 bits per heavy atom. The van der Waals surface area contributed by atoms with Crippen molar-refractivity contribution in [3.63, 3.8) is 0 Å². The SMILES string of the molecule is O=[N+]([O-])c1cccc(Cl)c1-c1nc(N2CCNCC2)n[nH]1. The lowest BCUT2D eigenvalue weighted by molar-refractivity contribution is -0.384. The van der Waals surface area contributed by atoms with E-state index < -0.39 is 4.92 Å². The maximum Gasteiger partial charge on any atom is 0.281 e. The van der Waals surface area contributed by atoms with Crippen molar-refractivity contribution in [2.75, 3.05) is 31.1 Å². The molecule has 3 rings (SSSR count). The molecule has 0 radical (unpaired) electrons. The third-order valence-corrected chi connectivity index (χ3v) is 3.61. The number of H-pyrrole nitrogens is 1. The van der Waals surface area contributed by atoms with Crippen LogP contribution in [0.4, 0.5) is 11.6 Å². The van der Waals surface area contributed by atoms with Gasteiger partial charge in [0.2, 0.25) is 5.95 Å². The Morgan fingerprint density at radius 2 is 2.10 bits per heavy atom. The highest BCUT2D eigenvalue weighted by Crippen LogP contribution is 2.34. The molecule has 0 atom stereocenters. The molecule has 1 aromatic carbocycles. The van der Waals surface area contributed by atoms with Gasteiger partial charge in [-0.2, -0.15) is 4.98 Å². The fourth-order valence-corrected chi connectivity index (χ4v) is 2.53. The number of piperazine rings is 1. The van der Waals surface area contributed by atoms with Crippen LogP contribution in [-0.2, 0) is 0 Å². The summed E-state index contributed by atoms with van der Waals surface area (Å²) >= 11 is 6.09. The minimum atomic E-state index is -0.478. The van der Waals surface area contributed by atoms with Gasteiger partial charge in [0.25, 0.3) is 5.69 Å². The number of anilines is 1. The number of rotatable bonds is 3. The summed E-state index contributed by atoms with van der Waals surface area (Å²) in [7, 11) is 0. The summed E-state index contributed by atoms with van der Waals surface area (Å²) in [6.07, 6.45) is 0. The maximum absolute atomic E-state index is 11.1. The molecule has 1 aliphatic heterocycles. The molecule has 0 aliphatic carbocycles. The first kappa shape index (κ1) is 13.8. The van der Waals surface area contributed by atoms with E-state index in [1.165, 1.54) is 12.1 Å². The van der Waals surface area contributed by atoms with Crippen LogP contribution in [0.1, 0.15) is 0 Å². The predicted octanol–water partition coefficient (Wildman–Crippen LogP) is 1.44. The molecule has 0 saturated carbocycles. The highest BCUT2D eigenvalue weighted by molar-refractivity contribution is 6.33. The van der Waals surface area contributed by atoms with Gasteiger partial charge in [0.15, 0.2) is 5.82 Å². The number of nitro groups is 1. The first-order valence-electron chi connectivity index (χ1n) is 6.48. The van der Waals surface area contributed by atoms with Gasteiger partial charge >= 0.3 is 0 Å². The van der Waals surface area contributed by atoms with E-state index in [4.69, 9.17) is 11.6 Å². The molecule has 0 spiro atoms. The van der Waals surface area contributed by atoms with Gasteiger partial charge in [-0.25, -0.2) is 0 Å². The third-order valence-electron chi connectivity index (χ3n) is 3.30. The molecule has 1 saturated heterocycles. The molecule has 110 valence electrons. The Hall–Kier alpha value is -2.19. The van der Waals surface area contributed by atoms with Crippen LogP contribution in [0.5, 0.6) is 0 Å². The number of benzene rings is 1. The van der Waals surface area contributed by atoms with Gasteiger partial charge in [0.05, 0.1) is 9.95 Å². The summed E-state index contributed by atoms with van der Waals surface area (Å²) in [5.41, 5.74) is 0.170. The number of aromatic amines is 1.